The quantitative estimate of drug-likeness (QED) is 0.810. The van der Waals surface area contributed by atoms with Crippen molar-refractivity contribution in [3.05, 3.63) is 36.0 Å². The molecule has 0 atom stereocenters. The minimum atomic E-state index is -3.63. The third-order valence-corrected chi connectivity index (χ3v) is 6.03. The molecule has 1 fully saturated rings. The second kappa shape index (κ2) is 6.96. The molecular formula is C15H18N4O3S2. The molecule has 1 aromatic heterocycles. The first-order valence-corrected chi connectivity index (χ1v) is 9.83. The van der Waals surface area contributed by atoms with Gasteiger partial charge in [0.05, 0.1) is 22.8 Å². The van der Waals surface area contributed by atoms with Gasteiger partial charge in [0.2, 0.25) is 10.0 Å². The van der Waals surface area contributed by atoms with Crippen LogP contribution >= 0.6 is 11.7 Å². The van der Waals surface area contributed by atoms with E-state index in [1.807, 2.05) is 0 Å². The zero-order valence-corrected chi connectivity index (χ0v) is 14.8. The molecule has 7 nitrogen and oxygen atoms in total. The lowest BCUT2D eigenvalue weighted by Crippen LogP contribution is -2.44. The number of nitrogens with zero attached hydrogens (tertiary/aromatic N) is 3. The zero-order chi connectivity index (χ0) is 17.2. The Balaban J connectivity index is 1.65. The highest BCUT2D eigenvalue weighted by molar-refractivity contribution is 7.89. The fourth-order valence-electron chi connectivity index (χ4n) is 2.70. The number of sulfonamides is 1. The fourth-order valence-corrected chi connectivity index (χ4v) is 4.48. The number of rotatable bonds is 5. The maximum Gasteiger partial charge on any atom is 0.240 e. The molecule has 1 aromatic carbocycles. The van der Waals surface area contributed by atoms with E-state index in [2.05, 4.69) is 18.4 Å². The van der Waals surface area contributed by atoms with Gasteiger partial charge in [-0.3, -0.25) is 4.79 Å². The SMILES string of the molecule is CC(=O)c1cccc(S(=O)(=O)NC2CCN(c3cnsn3)CC2)c1. The van der Waals surface area contributed by atoms with E-state index in [1.54, 1.807) is 18.3 Å². The van der Waals surface area contributed by atoms with Gasteiger partial charge in [-0.25, -0.2) is 13.1 Å². The largest absolute Gasteiger partial charge is 0.354 e. The number of hydrogen-bond acceptors (Lipinski definition) is 7. The van der Waals surface area contributed by atoms with Crippen molar-refractivity contribution in [2.75, 3.05) is 18.0 Å². The number of carbonyl (C=O) groups excluding carboxylic acids is 1. The van der Waals surface area contributed by atoms with E-state index < -0.39 is 10.0 Å². The summed E-state index contributed by atoms with van der Waals surface area (Å²) in [6, 6.07) is 6.00. The number of anilines is 1. The Bertz CT molecular complexity index is 813. The number of benzene rings is 1. The molecule has 0 radical (unpaired) electrons. The molecule has 1 aliphatic heterocycles. The van der Waals surface area contributed by atoms with E-state index in [-0.39, 0.29) is 16.7 Å². The number of aromatic nitrogens is 2. The Morgan fingerprint density at radius 3 is 2.71 bits per heavy atom. The maximum atomic E-state index is 12.5. The van der Waals surface area contributed by atoms with Gasteiger partial charge in [0.25, 0.3) is 0 Å². The summed E-state index contributed by atoms with van der Waals surface area (Å²) in [7, 11) is -3.63. The van der Waals surface area contributed by atoms with Crippen LogP contribution < -0.4 is 9.62 Å². The number of piperidine rings is 1. The zero-order valence-electron chi connectivity index (χ0n) is 13.2. The van der Waals surface area contributed by atoms with Crippen LogP contribution in [0, 0.1) is 0 Å². The van der Waals surface area contributed by atoms with Crippen molar-refractivity contribution in [2.45, 2.75) is 30.7 Å². The number of ketones is 1. The van der Waals surface area contributed by atoms with Crippen LogP contribution in [0.1, 0.15) is 30.1 Å². The second-order valence-electron chi connectivity index (χ2n) is 5.73. The Morgan fingerprint density at radius 2 is 2.08 bits per heavy atom. The summed E-state index contributed by atoms with van der Waals surface area (Å²) >= 11 is 1.16. The number of nitrogens with one attached hydrogen (secondary N) is 1. The van der Waals surface area contributed by atoms with E-state index in [1.165, 1.54) is 19.1 Å². The lowest BCUT2D eigenvalue weighted by Gasteiger charge is -2.32. The molecule has 3 rings (SSSR count). The summed E-state index contributed by atoms with van der Waals surface area (Å²) in [5.74, 6) is 0.688. The van der Waals surface area contributed by atoms with Crippen LogP contribution in [0.5, 0.6) is 0 Å². The molecule has 128 valence electrons. The molecule has 2 aromatic rings. The molecule has 0 unspecified atom stereocenters. The molecule has 2 heterocycles. The lowest BCUT2D eigenvalue weighted by atomic mass is 10.1. The van der Waals surface area contributed by atoms with Gasteiger partial charge in [-0.15, -0.1) is 0 Å². The fraction of sp³-hybridized carbons (Fsp3) is 0.400. The van der Waals surface area contributed by atoms with Gasteiger partial charge in [-0.05, 0) is 31.9 Å². The molecule has 0 bridgehead atoms. The molecule has 0 amide bonds. The van der Waals surface area contributed by atoms with Crippen molar-refractivity contribution in [3.63, 3.8) is 0 Å². The van der Waals surface area contributed by atoms with E-state index >= 15 is 0 Å². The second-order valence-corrected chi connectivity index (χ2v) is 8.00. The average molecular weight is 366 g/mol. The highest BCUT2D eigenvalue weighted by Gasteiger charge is 2.25. The predicted octanol–water partition coefficient (Wildman–Crippen LogP) is 1.69. The van der Waals surface area contributed by atoms with E-state index in [4.69, 9.17) is 0 Å². The van der Waals surface area contributed by atoms with Gasteiger partial charge in [0.15, 0.2) is 11.6 Å². The van der Waals surface area contributed by atoms with Crippen molar-refractivity contribution < 1.29 is 13.2 Å². The third-order valence-electron chi connectivity index (χ3n) is 4.04. The normalized spacial score (nSPS) is 16.3. The third kappa shape index (κ3) is 3.80. The standard InChI is InChI=1S/C15H18N4O3S2/c1-11(20)12-3-2-4-14(9-12)24(21,22)18-13-5-7-19(8-6-13)15-10-16-23-17-15/h2-4,9-10,13,18H,5-8H2,1H3. The highest BCUT2D eigenvalue weighted by Crippen LogP contribution is 2.20. The molecule has 1 N–H and O–H groups in total. The Morgan fingerprint density at radius 1 is 1.33 bits per heavy atom. The summed E-state index contributed by atoms with van der Waals surface area (Å²) in [4.78, 5) is 13.7. The smallest absolute Gasteiger partial charge is 0.240 e. The molecule has 9 heteroatoms. The minimum Gasteiger partial charge on any atom is -0.354 e. The summed E-state index contributed by atoms with van der Waals surface area (Å²) in [5.41, 5.74) is 0.392. The van der Waals surface area contributed by atoms with E-state index in [0.717, 1.165) is 30.6 Å². The molecule has 0 spiro atoms. The molecule has 1 saturated heterocycles. The van der Waals surface area contributed by atoms with Crippen LogP contribution in [0.15, 0.2) is 35.4 Å². The lowest BCUT2D eigenvalue weighted by molar-refractivity contribution is 0.101. The summed E-state index contributed by atoms with van der Waals surface area (Å²) in [5, 5.41) is 0. The van der Waals surface area contributed by atoms with Crippen LogP contribution in [-0.2, 0) is 10.0 Å². The van der Waals surface area contributed by atoms with Crippen molar-refractivity contribution in [1.82, 2.24) is 13.5 Å². The van der Waals surface area contributed by atoms with Gasteiger partial charge in [0, 0.05) is 24.7 Å². The van der Waals surface area contributed by atoms with Crippen molar-refractivity contribution in [1.29, 1.82) is 0 Å². The van der Waals surface area contributed by atoms with Crippen LogP contribution in [0.3, 0.4) is 0 Å². The molecular weight excluding hydrogens is 348 g/mol. The minimum absolute atomic E-state index is 0.126. The Labute approximate surface area is 145 Å². The Hall–Kier alpha value is -1.84. The van der Waals surface area contributed by atoms with Crippen LogP contribution in [-0.4, -0.2) is 42.1 Å². The van der Waals surface area contributed by atoms with E-state index in [9.17, 15) is 13.2 Å². The van der Waals surface area contributed by atoms with Crippen molar-refractivity contribution in [2.24, 2.45) is 0 Å². The predicted molar refractivity (Wildman–Crippen MR) is 91.9 cm³/mol. The average Bonchev–Trinajstić information content (AvgIpc) is 3.10. The summed E-state index contributed by atoms with van der Waals surface area (Å²) in [6.45, 7) is 2.88. The van der Waals surface area contributed by atoms with Crippen molar-refractivity contribution >= 4 is 33.4 Å². The summed E-state index contributed by atoms with van der Waals surface area (Å²) < 4.78 is 36.0. The topological polar surface area (TPSA) is 92.3 Å². The van der Waals surface area contributed by atoms with Crippen LogP contribution in [0.2, 0.25) is 0 Å². The monoisotopic (exact) mass is 366 g/mol. The first-order valence-electron chi connectivity index (χ1n) is 7.61. The van der Waals surface area contributed by atoms with Gasteiger partial charge in [-0.2, -0.15) is 8.75 Å². The first-order chi connectivity index (χ1) is 11.5. The Kier molecular flexibility index (Phi) is 4.93. The number of hydrogen-bond donors (Lipinski definition) is 1. The van der Waals surface area contributed by atoms with Gasteiger partial charge in [0.1, 0.15) is 0 Å². The van der Waals surface area contributed by atoms with Crippen LogP contribution in [0.4, 0.5) is 5.82 Å². The summed E-state index contributed by atoms with van der Waals surface area (Å²) in [6.07, 6.45) is 3.12. The van der Waals surface area contributed by atoms with Gasteiger partial charge < -0.3 is 4.90 Å². The van der Waals surface area contributed by atoms with Crippen molar-refractivity contribution in [3.8, 4) is 0 Å². The number of Topliss-reactive ketones (excluding diaryl/α,β-unsaturated/α-hetero) is 1. The van der Waals surface area contributed by atoms with E-state index in [0.29, 0.717) is 18.4 Å². The molecule has 0 saturated carbocycles. The van der Waals surface area contributed by atoms with Gasteiger partial charge in [-0.1, -0.05) is 12.1 Å². The molecule has 24 heavy (non-hydrogen) atoms. The molecule has 1 aliphatic rings. The van der Waals surface area contributed by atoms with Gasteiger partial charge >= 0.3 is 0 Å². The maximum absolute atomic E-state index is 12.5. The van der Waals surface area contributed by atoms with Crippen LogP contribution in [0.25, 0.3) is 0 Å². The number of carbonyl (C=O) groups is 1. The highest BCUT2D eigenvalue weighted by atomic mass is 32.2. The molecule has 0 aliphatic carbocycles. The first kappa shape index (κ1) is 17.0.